The molecule has 80 valence electrons. The largest absolute Gasteiger partial charge is 0.287 e. The van der Waals surface area contributed by atoms with E-state index in [4.69, 9.17) is 0 Å². The van der Waals surface area contributed by atoms with Crippen LogP contribution in [0.4, 0.5) is 5.69 Å². The van der Waals surface area contributed by atoms with Gasteiger partial charge in [0.1, 0.15) is 6.20 Å². The van der Waals surface area contributed by atoms with Gasteiger partial charge in [0.2, 0.25) is 0 Å². The van der Waals surface area contributed by atoms with Crippen LogP contribution in [0.1, 0.15) is 5.56 Å². The molecule has 0 aromatic carbocycles. The van der Waals surface area contributed by atoms with Crippen molar-refractivity contribution in [1.29, 1.82) is 0 Å². The van der Waals surface area contributed by atoms with Crippen LogP contribution in [0.5, 0.6) is 0 Å². The third-order valence-corrected chi connectivity index (χ3v) is 2.23. The summed E-state index contributed by atoms with van der Waals surface area (Å²) in [5.41, 5.74) is 2.44. The van der Waals surface area contributed by atoms with Crippen LogP contribution >= 0.6 is 0 Å². The van der Waals surface area contributed by atoms with E-state index >= 15 is 0 Å². The second-order valence-electron chi connectivity index (χ2n) is 3.35. The molecule has 0 spiro atoms. The molecule has 0 aliphatic heterocycles. The maximum atomic E-state index is 10.6. The summed E-state index contributed by atoms with van der Waals surface area (Å²) in [6.07, 6.45) is 4.60. The Bertz CT molecular complexity index is 526. The van der Waals surface area contributed by atoms with Gasteiger partial charge in [-0.05, 0) is 24.6 Å². The highest BCUT2D eigenvalue weighted by atomic mass is 16.6. The normalized spacial score (nSPS) is 10.1. The zero-order valence-corrected chi connectivity index (χ0v) is 8.62. The minimum absolute atomic E-state index is 0.00954. The molecule has 2 aromatic rings. The molecule has 0 atom stereocenters. The Morgan fingerprint density at radius 2 is 2.00 bits per heavy atom. The Kier molecular flexibility index (Phi) is 2.59. The van der Waals surface area contributed by atoms with Crippen LogP contribution in [0, 0.1) is 17.0 Å². The molecule has 0 fully saturated rings. The third-order valence-electron chi connectivity index (χ3n) is 2.23. The molecular weight excluding hydrogens is 206 g/mol. The Hall–Kier alpha value is -2.30. The van der Waals surface area contributed by atoms with Crippen molar-refractivity contribution >= 4 is 5.69 Å². The third kappa shape index (κ3) is 1.88. The van der Waals surface area contributed by atoms with Gasteiger partial charge in [0.15, 0.2) is 0 Å². The second-order valence-corrected chi connectivity index (χ2v) is 3.35. The van der Waals surface area contributed by atoms with E-state index in [2.05, 4.69) is 9.97 Å². The van der Waals surface area contributed by atoms with Gasteiger partial charge in [0.25, 0.3) is 5.69 Å². The molecule has 0 unspecified atom stereocenters. The molecule has 2 heterocycles. The number of hydrogen-bond acceptors (Lipinski definition) is 4. The van der Waals surface area contributed by atoms with Crippen LogP contribution in [-0.2, 0) is 0 Å². The number of hydrogen-bond donors (Lipinski definition) is 0. The van der Waals surface area contributed by atoms with Gasteiger partial charge in [-0.15, -0.1) is 0 Å². The fraction of sp³-hybridized carbons (Fsp3) is 0.0909. The van der Waals surface area contributed by atoms with E-state index in [9.17, 15) is 10.1 Å². The fourth-order valence-electron chi connectivity index (χ4n) is 1.47. The molecule has 2 rings (SSSR count). The molecule has 0 radical (unpaired) electrons. The molecule has 5 nitrogen and oxygen atoms in total. The maximum absolute atomic E-state index is 10.6. The summed E-state index contributed by atoms with van der Waals surface area (Å²) < 4.78 is 0. The standard InChI is InChI=1S/C11H9N3O2/c1-8-6-10(14(15)16)7-13-11(8)9-2-4-12-5-3-9/h2-7H,1H3. The predicted molar refractivity (Wildman–Crippen MR) is 58.9 cm³/mol. The highest BCUT2D eigenvalue weighted by Crippen LogP contribution is 2.23. The Balaban J connectivity index is 2.48. The summed E-state index contributed by atoms with van der Waals surface area (Å²) in [5, 5.41) is 10.6. The first-order valence-electron chi connectivity index (χ1n) is 4.70. The minimum Gasteiger partial charge on any atom is -0.265 e. The number of rotatable bonds is 2. The first-order chi connectivity index (χ1) is 7.68. The lowest BCUT2D eigenvalue weighted by molar-refractivity contribution is -0.385. The smallest absolute Gasteiger partial charge is 0.265 e. The van der Waals surface area contributed by atoms with Crippen LogP contribution in [0.3, 0.4) is 0 Å². The molecule has 0 aliphatic rings. The molecule has 5 heteroatoms. The van der Waals surface area contributed by atoms with E-state index in [1.807, 2.05) is 12.1 Å². The fourth-order valence-corrected chi connectivity index (χ4v) is 1.47. The van der Waals surface area contributed by atoms with Gasteiger partial charge in [0.05, 0.1) is 10.6 Å². The first kappa shape index (κ1) is 10.2. The minimum atomic E-state index is -0.448. The average molecular weight is 215 g/mol. The summed E-state index contributed by atoms with van der Waals surface area (Å²) in [7, 11) is 0. The van der Waals surface area contributed by atoms with Crippen LogP contribution in [0.2, 0.25) is 0 Å². The lowest BCUT2D eigenvalue weighted by atomic mass is 10.1. The summed E-state index contributed by atoms with van der Waals surface area (Å²) in [6.45, 7) is 1.80. The highest BCUT2D eigenvalue weighted by Gasteiger charge is 2.10. The lowest BCUT2D eigenvalue weighted by Gasteiger charge is -2.03. The second kappa shape index (κ2) is 4.06. The molecule has 0 aliphatic carbocycles. The van der Waals surface area contributed by atoms with E-state index in [0.29, 0.717) is 0 Å². The Morgan fingerprint density at radius 1 is 1.31 bits per heavy atom. The number of aryl methyl sites for hydroxylation is 1. The van der Waals surface area contributed by atoms with Gasteiger partial charge in [-0.3, -0.25) is 15.1 Å². The Labute approximate surface area is 91.9 Å². The molecule has 0 saturated heterocycles. The molecule has 0 N–H and O–H groups in total. The quantitative estimate of drug-likeness (QED) is 0.569. The van der Waals surface area contributed by atoms with E-state index in [1.54, 1.807) is 19.3 Å². The topological polar surface area (TPSA) is 68.9 Å². The van der Waals surface area contributed by atoms with E-state index in [-0.39, 0.29) is 5.69 Å². The first-order valence-corrected chi connectivity index (χ1v) is 4.70. The van der Waals surface area contributed by atoms with Crippen LogP contribution in [0.15, 0.2) is 36.8 Å². The number of pyridine rings is 2. The number of aromatic nitrogens is 2. The van der Waals surface area contributed by atoms with Crippen molar-refractivity contribution in [3.05, 3.63) is 52.5 Å². The van der Waals surface area contributed by atoms with Gasteiger partial charge in [-0.2, -0.15) is 0 Å². The van der Waals surface area contributed by atoms with E-state index in [0.717, 1.165) is 16.8 Å². The van der Waals surface area contributed by atoms with Crippen molar-refractivity contribution in [2.75, 3.05) is 0 Å². The van der Waals surface area contributed by atoms with Crippen molar-refractivity contribution in [2.24, 2.45) is 0 Å². The zero-order chi connectivity index (χ0) is 11.5. The van der Waals surface area contributed by atoms with E-state index in [1.165, 1.54) is 12.3 Å². The highest BCUT2D eigenvalue weighted by molar-refractivity contribution is 5.63. The predicted octanol–water partition coefficient (Wildman–Crippen LogP) is 2.36. The van der Waals surface area contributed by atoms with Gasteiger partial charge in [0, 0.05) is 24.0 Å². The molecule has 16 heavy (non-hydrogen) atoms. The van der Waals surface area contributed by atoms with Crippen molar-refractivity contribution < 1.29 is 4.92 Å². The molecule has 0 bridgehead atoms. The van der Waals surface area contributed by atoms with E-state index < -0.39 is 4.92 Å². The van der Waals surface area contributed by atoms with Crippen molar-refractivity contribution in [1.82, 2.24) is 9.97 Å². The molecule has 2 aromatic heterocycles. The van der Waals surface area contributed by atoms with Gasteiger partial charge >= 0.3 is 0 Å². The van der Waals surface area contributed by atoms with Crippen LogP contribution in [0.25, 0.3) is 11.3 Å². The average Bonchev–Trinajstić information content (AvgIpc) is 2.30. The van der Waals surface area contributed by atoms with Crippen LogP contribution in [-0.4, -0.2) is 14.9 Å². The molecular formula is C11H9N3O2. The zero-order valence-electron chi connectivity index (χ0n) is 8.62. The number of nitro groups is 1. The van der Waals surface area contributed by atoms with Crippen molar-refractivity contribution in [2.45, 2.75) is 6.92 Å². The summed E-state index contributed by atoms with van der Waals surface area (Å²) in [4.78, 5) is 18.1. The molecule has 0 amide bonds. The van der Waals surface area contributed by atoms with Crippen molar-refractivity contribution in [3.63, 3.8) is 0 Å². The Morgan fingerprint density at radius 3 is 2.56 bits per heavy atom. The monoisotopic (exact) mass is 215 g/mol. The van der Waals surface area contributed by atoms with Gasteiger partial charge < -0.3 is 0 Å². The summed E-state index contributed by atoms with van der Waals surface area (Å²) in [6, 6.07) is 5.16. The SMILES string of the molecule is Cc1cc([N+](=O)[O-])cnc1-c1ccncc1. The summed E-state index contributed by atoms with van der Waals surface area (Å²) >= 11 is 0. The van der Waals surface area contributed by atoms with Crippen molar-refractivity contribution in [3.8, 4) is 11.3 Å². The van der Waals surface area contributed by atoms with Crippen LogP contribution < -0.4 is 0 Å². The number of nitrogens with zero attached hydrogens (tertiary/aromatic N) is 3. The maximum Gasteiger partial charge on any atom is 0.287 e. The molecule has 0 saturated carbocycles. The van der Waals surface area contributed by atoms with Gasteiger partial charge in [-0.1, -0.05) is 0 Å². The lowest BCUT2D eigenvalue weighted by Crippen LogP contribution is -1.93. The van der Waals surface area contributed by atoms with Gasteiger partial charge in [-0.25, -0.2) is 4.98 Å². The summed E-state index contributed by atoms with van der Waals surface area (Å²) in [5.74, 6) is 0.